The molecule has 2 aromatic rings. The number of hydrogen-bond donors (Lipinski definition) is 1. The number of carbonyl (C=O) groups excluding carboxylic acids is 1. The van der Waals surface area contributed by atoms with Gasteiger partial charge in [-0.15, -0.1) is 0 Å². The molecular formula is C17H17F2N3O3. The largest absolute Gasteiger partial charge is 0.460 e. The molecule has 0 saturated carbocycles. The highest BCUT2D eigenvalue weighted by Gasteiger charge is 2.28. The summed E-state index contributed by atoms with van der Waals surface area (Å²) < 4.78 is 35.1. The Kier molecular flexibility index (Phi) is 4.20. The van der Waals surface area contributed by atoms with Crippen LogP contribution in [-0.2, 0) is 16.0 Å². The van der Waals surface area contributed by atoms with Crippen LogP contribution in [0, 0.1) is 0 Å². The van der Waals surface area contributed by atoms with Gasteiger partial charge in [-0.3, -0.25) is 4.79 Å². The third kappa shape index (κ3) is 3.26. The number of nitrogens with one attached hydrogen (secondary N) is 1. The fourth-order valence-corrected chi connectivity index (χ4v) is 3.28. The van der Waals surface area contributed by atoms with E-state index >= 15 is 0 Å². The van der Waals surface area contributed by atoms with Gasteiger partial charge in [0.15, 0.2) is 0 Å². The van der Waals surface area contributed by atoms with Gasteiger partial charge in [-0.05, 0) is 36.0 Å². The van der Waals surface area contributed by atoms with E-state index < -0.39 is 12.3 Å². The molecular weight excluding hydrogens is 332 g/mol. The maximum absolute atomic E-state index is 12.6. The smallest absolute Gasteiger partial charge is 0.315 e. The molecule has 1 atom stereocenters. The zero-order chi connectivity index (χ0) is 17.4. The van der Waals surface area contributed by atoms with Gasteiger partial charge in [-0.1, -0.05) is 17.3 Å². The van der Waals surface area contributed by atoms with Gasteiger partial charge < -0.3 is 14.6 Å². The first-order chi connectivity index (χ1) is 12.1. The van der Waals surface area contributed by atoms with Crippen LogP contribution in [0.3, 0.4) is 0 Å². The monoisotopic (exact) mass is 349 g/mol. The molecule has 0 radical (unpaired) electrons. The number of nitrogens with zero attached hydrogens (tertiary/aromatic N) is 2. The lowest BCUT2D eigenvalue weighted by Crippen LogP contribution is -2.49. The van der Waals surface area contributed by atoms with E-state index in [-0.39, 0.29) is 23.8 Å². The molecule has 8 heteroatoms. The quantitative estimate of drug-likeness (QED) is 0.836. The Morgan fingerprint density at radius 2 is 2.24 bits per heavy atom. The van der Waals surface area contributed by atoms with E-state index in [1.165, 1.54) is 0 Å². The van der Waals surface area contributed by atoms with Gasteiger partial charge in [0.2, 0.25) is 5.82 Å². The lowest BCUT2D eigenvalue weighted by Gasteiger charge is -2.27. The van der Waals surface area contributed by atoms with Crippen LogP contribution in [0.2, 0.25) is 0 Å². The number of fused-ring (bicyclic) bond motifs is 1. The van der Waals surface area contributed by atoms with Crippen LogP contribution < -0.4 is 5.32 Å². The molecule has 2 aliphatic rings. The number of halogens is 2. The summed E-state index contributed by atoms with van der Waals surface area (Å²) >= 11 is 0. The molecule has 1 fully saturated rings. The average molecular weight is 349 g/mol. The van der Waals surface area contributed by atoms with E-state index in [2.05, 4.69) is 20.0 Å². The highest BCUT2D eigenvalue weighted by Crippen LogP contribution is 2.37. The molecule has 1 saturated heterocycles. The van der Waals surface area contributed by atoms with Gasteiger partial charge in [0.05, 0.1) is 6.42 Å². The summed E-state index contributed by atoms with van der Waals surface area (Å²) in [6.07, 6.45) is -0.729. The van der Waals surface area contributed by atoms with Gasteiger partial charge in [0.25, 0.3) is 5.89 Å². The predicted molar refractivity (Wildman–Crippen MR) is 83.1 cm³/mol. The summed E-state index contributed by atoms with van der Waals surface area (Å²) in [4.78, 5) is 15.7. The first kappa shape index (κ1) is 16.1. The molecule has 4 rings (SSSR count). The molecule has 132 valence electrons. The number of aryl methyl sites for hydroxylation is 1. The number of carbonyl (C=O) groups is 1. The minimum atomic E-state index is -2.78. The van der Waals surface area contributed by atoms with Gasteiger partial charge >= 0.3 is 12.4 Å². The van der Waals surface area contributed by atoms with Crippen molar-refractivity contribution in [2.45, 2.75) is 37.7 Å². The van der Waals surface area contributed by atoms with E-state index in [0.717, 1.165) is 37.1 Å². The highest BCUT2D eigenvalue weighted by atomic mass is 19.3. The predicted octanol–water partition coefficient (Wildman–Crippen LogP) is 2.61. The van der Waals surface area contributed by atoms with Crippen molar-refractivity contribution in [1.29, 1.82) is 0 Å². The molecule has 0 unspecified atom stereocenters. The molecule has 25 heavy (non-hydrogen) atoms. The minimum Gasteiger partial charge on any atom is -0.460 e. The average Bonchev–Trinajstić information content (AvgIpc) is 3.18. The Bertz CT molecular complexity index is 789. The molecule has 1 aromatic carbocycles. The normalized spacial score (nSPS) is 19.7. The minimum absolute atomic E-state index is 0.00183. The van der Waals surface area contributed by atoms with E-state index in [9.17, 15) is 13.6 Å². The summed E-state index contributed by atoms with van der Waals surface area (Å²) in [6.45, 7) is 1.45. The molecule has 6 nitrogen and oxygen atoms in total. The summed E-state index contributed by atoms with van der Waals surface area (Å²) in [5.74, 6) is -0.570. The third-order valence-electron chi connectivity index (χ3n) is 4.69. The highest BCUT2D eigenvalue weighted by molar-refractivity contribution is 5.71. The second kappa shape index (κ2) is 6.51. The Labute approximate surface area is 142 Å². The lowest BCUT2D eigenvalue weighted by atomic mass is 9.96. The van der Waals surface area contributed by atoms with Gasteiger partial charge in [-0.2, -0.15) is 13.8 Å². The molecule has 0 spiro atoms. The topological polar surface area (TPSA) is 77.2 Å². The molecule has 0 bridgehead atoms. The second-order valence-electron chi connectivity index (χ2n) is 6.38. The van der Waals surface area contributed by atoms with Crippen molar-refractivity contribution in [1.82, 2.24) is 15.5 Å². The second-order valence-corrected chi connectivity index (χ2v) is 6.38. The molecule has 1 aliphatic carbocycles. The molecule has 1 N–H and O–H groups in total. The Morgan fingerprint density at radius 3 is 2.92 bits per heavy atom. The summed E-state index contributed by atoms with van der Waals surface area (Å²) in [5.41, 5.74) is 2.83. The van der Waals surface area contributed by atoms with Crippen molar-refractivity contribution in [3.8, 4) is 11.4 Å². The fraction of sp³-hybridized carbons (Fsp3) is 0.471. The molecule has 0 amide bonds. The van der Waals surface area contributed by atoms with Gasteiger partial charge in [0, 0.05) is 18.7 Å². The number of hydrogen-bond acceptors (Lipinski definition) is 6. The van der Waals surface area contributed by atoms with Crippen LogP contribution in [0.15, 0.2) is 22.7 Å². The van der Waals surface area contributed by atoms with Crippen LogP contribution in [0.5, 0.6) is 0 Å². The molecule has 1 aliphatic heterocycles. The SMILES string of the molecule is O=C(C[C@@H]1CCc2cc(-c3noc(C(F)F)n3)ccc21)OC1CNC1. The third-order valence-corrected chi connectivity index (χ3v) is 4.69. The van der Waals surface area contributed by atoms with Crippen molar-refractivity contribution in [2.24, 2.45) is 0 Å². The van der Waals surface area contributed by atoms with Crippen LogP contribution in [0.4, 0.5) is 8.78 Å². The van der Waals surface area contributed by atoms with Crippen molar-refractivity contribution >= 4 is 5.97 Å². The fourth-order valence-electron chi connectivity index (χ4n) is 3.28. The van der Waals surface area contributed by atoms with Crippen LogP contribution in [-0.4, -0.2) is 35.3 Å². The number of alkyl halides is 2. The zero-order valence-electron chi connectivity index (χ0n) is 13.4. The number of ether oxygens (including phenoxy) is 1. The maximum Gasteiger partial charge on any atom is 0.315 e. The van der Waals surface area contributed by atoms with Crippen molar-refractivity contribution in [3.63, 3.8) is 0 Å². The zero-order valence-corrected chi connectivity index (χ0v) is 13.4. The summed E-state index contributed by atoms with van der Waals surface area (Å²) in [5, 5.41) is 6.67. The lowest BCUT2D eigenvalue weighted by molar-refractivity contribution is -0.151. The number of rotatable bonds is 5. The van der Waals surface area contributed by atoms with Crippen molar-refractivity contribution in [2.75, 3.05) is 13.1 Å². The first-order valence-electron chi connectivity index (χ1n) is 8.25. The number of esters is 1. The maximum atomic E-state index is 12.6. The van der Waals surface area contributed by atoms with E-state index in [1.807, 2.05) is 12.1 Å². The van der Waals surface area contributed by atoms with E-state index in [0.29, 0.717) is 12.0 Å². The van der Waals surface area contributed by atoms with Crippen LogP contribution >= 0.6 is 0 Å². The van der Waals surface area contributed by atoms with Crippen LogP contribution in [0.25, 0.3) is 11.4 Å². The van der Waals surface area contributed by atoms with Crippen molar-refractivity contribution < 1.29 is 22.8 Å². The summed E-state index contributed by atoms with van der Waals surface area (Å²) in [7, 11) is 0. The standard InChI is InChI=1S/C17H17F2N3O3/c18-15(19)17-21-16(22-25-17)11-3-4-13-9(5-11)1-2-10(13)6-14(23)24-12-7-20-8-12/h3-5,10,12,15,20H,1-2,6-8H2/t10-/m0/s1. The molecule has 2 heterocycles. The van der Waals surface area contributed by atoms with Gasteiger partial charge in [-0.25, -0.2) is 0 Å². The number of benzene rings is 1. The van der Waals surface area contributed by atoms with Crippen LogP contribution in [0.1, 0.15) is 42.2 Å². The van der Waals surface area contributed by atoms with E-state index in [1.54, 1.807) is 6.07 Å². The Balaban J connectivity index is 1.46. The Morgan fingerprint density at radius 1 is 1.40 bits per heavy atom. The van der Waals surface area contributed by atoms with Gasteiger partial charge in [0.1, 0.15) is 6.10 Å². The van der Waals surface area contributed by atoms with Crippen molar-refractivity contribution in [3.05, 3.63) is 35.2 Å². The Hall–Kier alpha value is -2.35. The number of aromatic nitrogens is 2. The van der Waals surface area contributed by atoms with E-state index in [4.69, 9.17) is 4.74 Å². The first-order valence-corrected chi connectivity index (χ1v) is 8.25. The molecule has 1 aromatic heterocycles. The summed E-state index contributed by atoms with van der Waals surface area (Å²) in [6, 6.07) is 5.58.